The Hall–Kier alpha value is -1.89. The number of amides is 1. The summed E-state index contributed by atoms with van der Waals surface area (Å²) in [5.74, 6) is -4.78. The molecule has 23 heavy (non-hydrogen) atoms. The lowest BCUT2D eigenvalue weighted by atomic mass is 9.93. The Labute approximate surface area is 136 Å². The second-order valence-corrected chi connectivity index (χ2v) is 7.09. The van der Waals surface area contributed by atoms with E-state index in [-0.39, 0.29) is 17.5 Å². The molecule has 124 valence electrons. The Balaban J connectivity index is 1.96. The fourth-order valence-corrected chi connectivity index (χ4v) is 2.85. The highest BCUT2D eigenvalue weighted by Gasteiger charge is 2.18. The van der Waals surface area contributed by atoms with E-state index in [0.29, 0.717) is 6.42 Å². The van der Waals surface area contributed by atoms with Crippen LogP contribution in [0.15, 0.2) is 17.5 Å². The molecule has 7 heteroatoms. The van der Waals surface area contributed by atoms with Crippen LogP contribution in [-0.2, 0) is 16.6 Å². The van der Waals surface area contributed by atoms with Crippen LogP contribution < -0.4 is 5.32 Å². The van der Waals surface area contributed by atoms with Crippen LogP contribution in [0, 0.1) is 17.5 Å². The number of thiazole rings is 1. The van der Waals surface area contributed by atoms with Crippen molar-refractivity contribution >= 4 is 22.9 Å². The normalized spacial score (nSPS) is 11.6. The molecule has 0 spiro atoms. The van der Waals surface area contributed by atoms with Crippen molar-refractivity contribution < 1.29 is 18.0 Å². The van der Waals surface area contributed by atoms with E-state index in [4.69, 9.17) is 0 Å². The second kappa shape index (κ2) is 6.70. The molecular formula is C16H17F3N2OS. The molecule has 0 unspecified atom stereocenters. The Morgan fingerprint density at radius 2 is 1.91 bits per heavy atom. The molecule has 1 N–H and O–H groups in total. The molecular weight excluding hydrogens is 325 g/mol. The number of hydrogen-bond acceptors (Lipinski definition) is 3. The average Bonchev–Trinajstić information content (AvgIpc) is 2.95. The van der Waals surface area contributed by atoms with Gasteiger partial charge in [0.15, 0.2) is 17.5 Å². The number of carbonyl (C=O) groups is 1. The summed E-state index contributed by atoms with van der Waals surface area (Å²) in [5, 5.41) is 4.99. The van der Waals surface area contributed by atoms with Gasteiger partial charge < -0.3 is 5.32 Å². The first-order chi connectivity index (χ1) is 10.7. The molecule has 1 amide bonds. The number of halogens is 3. The van der Waals surface area contributed by atoms with E-state index in [1.807, 2.05) is 26.2 Å². The van der Waals surface area contributed by atoms with Gasteiger partial charge in [0.05, 0.1) is 16.4 Å². The van der Waals surface area contributed by atoms with Crippen LogP contribution in [0.1, 0.15) is 37.9 Å². The fraction of sp³-hybridized carbons (Fsp3) is 0.375. The van der Waals surface area contributed by atoms with E-state index in [0.717, 1.165) is 22.8 Å². The average molecular weight is 342 g/mol. The lowest BCUT2D eigenvalue weighted by Gasteiger charge is -2.14. The van der Waals surface area contributed by atoms with E-state index in [9.17, 15) is 18.0 Å². The molecule has 3 nitrogen and oxygen atoms in total. The van der Waals surface area contributed by atoms with Gasteiger partial charge in [-0.25, -0.2) is 18.2 Å². The first kappa shape index (κ1) is 17.5. The predicted molar refractivity (Wildman–Crippen MR) is 84.1 cm³/mol. The molecule has 0 aliphatic carbocycles. The fourth-order valence-electron chi connectivity index (χ4n) is 1.83. The minimum absolute atomic E-state index is 0.0637. The zero-order valence-corrected chi connectivity index (χ0v) is 13.9. The van der Waals surface area contributed by atoms with E-state index >= 15 is 0 Å². The van der Waals surface area contributed by atoms with Gasteiger partial charge in [-0.2, -0.15) is 0 Å². The van der Waals surface area contributed by atoms with Gasteiger partial charge >= 0.3 is 0 Å². The molecule has 2 rings (SSSR count). The Kier molecular flexibility index (Phi) is 5.09. The lowest BCUT2D eigenvalue weighted by molar-refractivity contribution is -0.116. The summed E-state index contributed by atoms with van der Waals surface area (Å²) in [4.78, 5) is 16.3. The molecule has 0 fully saturated rings. The molecule has 1 aromatic carbocycles. The van der Waals surface area contributed by atoms with Crippen LogP contribution in [0.2, 0.25) is 0 Å². The number of rotatable bonds is 4. The summed E-state index contributed by atoms with van der Waals surface area (Å²) in [6, 6.07) is 1.76. The largest absolute Gasteiger partial charge is 0.323 e. The number of aryl methyl sites for hydroxylation is 1. The number of carbonyl (C=O) groups excluding carboxylic acids is 1. The lowest BCUT2D eigenvalue weighted by Crippen LogP contribution is -2.15. The molecule has 0 atom stereocenters. The summed E-state index contributed by atoms with van der Waals surface area (Å²) in [6.45, 7) is 6.14. The standard InChI is InChI=1S/C16H17F3N2OS/c1-16(2,3)11-8-23-13(21-11)7-6-12(22)20-10-5-4-9(17)14(18)15(10)19/h4-5,8H,6-7H2,1-3H3,(H,20,22). The maximum absolute atomic E-state index is 13.5. The van der Waals surface area contributed by atoms with Gasteiger partial charge in [0.1, 0.15) is 0 Å². The van der Waals surface area contributed by atoms with Crippen molar-refractivity contribution in [3.8, 4) is 0 Å². The number of hydrogen-bond donors (Lipinski definition) is 1. The van der Waals surface area contributed by atoms with Gasteiger partial charge in [0, 0.05) is 23.6 Å². The molecule has 2 aromatic rings. The SMILES string of the molecule is CC(C)(C)c1csc(CCC(=O)Nc2ccc(F)c(F)c2F)n1. The topological polar surface area (TPSA) is 42.0 Å². The molecule has 0 radical (unpaired) electrons. The predicted octanol–water partition coefficient (Wildman–Crippen LogP) is 4.43. The number of anilines is 1. The second-order valence-electron chi connectivity index (χ2n) is 6.15. The van der Waals surface area contributed by atoms with Crippen molar-refractivity contribution in [2.45, 2.75) is 39.0 Å². The van der Waals surface area contributed by atoms with Gasteiger partial charge in [-0.05, 0) is 12.1 Å². The van der Waals surface area contributed by atoms with Gasteiger partial charge in [-0.15, -0.1) is 11.3 Å². The summed E-state index contributed by atoms with van der Waals surface area (Å²) < 4.78 is 39.4. The van der Waals surface area contributed by atoms with Crippen molar-refractivity contribution in [2.24, 2.45) is 0 Å². The minimum Gasteiger partial charge on any atom is -0.323 e. The van der Waals surface area contributed by atoms with Gasteiger partial charge in [0.2, 0.25) is 5.91 Å². The van der Waals surface area contributed by atoms with Crippen LogP contribution in [0.25, 0.3) is 0 Å². The van der Waals surface area contributed by atoms with E-state index < -0.39 is 23.4 Å². The molecule has 1 aromatic heterocycles. The Morgan fingerprint density at radius 1 is 1.22 bits per heavy atom. The molecule has 0 aliphatic rings. The molecule has 0 saturated carbocycles. The maximum atomic E-state index is 13.5. The Bertz CT molecular complexity index is 723. The zero-order chi connectivity index (χ0) is 17.2. The summed E-state index contributed by atoms with van der Waals surface area (Å²) in [6.07, 6.45) is 0.480. The van der Waals surface area contributed by atoms with Crippen LogP contribution in [-0.4, -0.2) is 10.9 Å². The van der Waals surface area contributed by atoms with E-state index in [2.05, 4.69) is 10.3 Å². The van der Waals surface area contributed by atoms with Crippen molar-refractivity contribution in [1.29, 1.82) is 0 Å². The highest BCUT2D eigenvalue weighted by molar-refractivity contribution is 7.09. The van der Waals surface area contributed by atoms with E-state index in [1.165, 1.54) is 11.3 Å². The quantitative estimate of drug-likeness (QED) is 0.835. The number of nitrogens with zero attached hydrogens (tertiary/aromatic N) is 1. The summed E-state index contributed by atoms with van der Waals surface area (Å²) in [5.41, 5.74) is 0.513. The highest BCUT2D eigenvalue weighted by Crippen LogP contribution is 2.24. The maximum Gasteiger partial charge on any atom is 0.224 e. The summed E-state index contributed by atoms with van der Waals surface area (Å²) in [7, 11) is 0. The zero-order valence-electron chi connectivity index (χ0n) is 13.0. The van der Waals surface area contributed by atoms with E-state index in [1.54, 1.807) is 0 Å². The molecule has 0 aliphatic heterocycles. The third-order valence-corrected chi connectivity index (χ3v) is 4.10. The van der Waals surface area contributed by atoms with Crippen LogP contribution in [0.3, 0.4) is 0 Å². The third-order valence-electron chi connectivity index (χ3n) is 3.20. The van der Waals surface area contributed by atoms with Crippen molar-refractivity contribution in [2.75, 3.05) is 5.32 Å². The summed E-state index contributed by atoms with van der Waals surface area (Å²) >= 11 is 1.46. The number of nitrogens with one attached hydrogen (secondary N) is 1. The van der Waals surface area contributed by atoms with Gasteiger partial charge in [0.25, 0.3) is 0 Å². The van der Waals surface area contributed by atoms with Crippen molar-refractivity contribution in [3.05, 3.63) is 45.7 Å². The number of aromatic nitrogens is 1. The minimum atomic E-state index is -1.60. The van der Waals surface area contributed by atoms with Crippen molar-refractivity contribution in [1.82, 2.24) is 4.98 Å². The van der Waals surface area contributed by atoms with Crippen LogP contribution in [0.4, 0.5) is 18.9 Å². The van der Waals surface area contributed by atoms with Gasteiger partial charge in [-0.1, -0.05) is 20.8 Å². The highest BCUT2D eigenvalue weighted by atomic mass is 32.1. The Morgan fingerprint density at radius 3 is 2.52 bits per heavy atom. The number of benzene rings is 1. The molecule has 1 heterocycles. The third kappa shape index (κ3) is 4.31. The monoisotopic (exact) mass is 342 g/mol. The van der Waals surface area contributed by atoms with Gasteiger partial charge in [-0.3, -0.25) is 4.79 Å². The first-order valence-electron chi connectivity index (χ1n) is 7.06. The molecule has 0 saturated heterocycles. The van der Waals surface area contributed by atoms with Crippen molar-refractivity contribution in [3.63, 3.8) is 0 Å². The first-order valence-corrected chi connectivity index (χ1v) is 7.94. The smallest absolute Gasteiger partial charge is 0.224 e. The van der Waals surface area contributed by atoms with Crippen LogP contribution in [0.5, 0.6) is 0 Å². The molecule has 0 bridgehead atoms. The van der Waals surface area contributed by atoms with Crippen LogP contribution >= 0.6 is 11.3 Å².